The lowest BCUT2D eigenvalue weighted by molar-refractivity contribution is -0.138. The third-order valence-electron chi connectivity index (χ3n) is 3.29. The van der Waals surface area contributed by atoms with Gasteiger partial charge < -0.3 is 10.1 Å². The average Bonchev–Trinajstić information content (AvgIpc) is 2.91. The molecular weight excluding hydrogens is 283 g/mol. The molecule has 1 aliphatic carbocycles. The second-order valence-corrected chi connectivity index (χ2v) is 4.76. The van der Waals surface area contributed by atoms with E-state index in [1.165, 1.54) is 0 Å². The number of allylic oxidation sites excluding steroid dienone is 1. The molecule has 0 aliphatic heterocycles. The Balaban J connectivity index is 2.08. The first-order chi connectivity index (χ1) is 10.0. The van der Waals surface area contributed by atoms with E-state index in [1.807, 2.05) is 0 Å². The van der Waals surface area contributed by atoms with Gasteiger partial charge in [-0.3, -0.25) is 0 Å². The van der Waals surface area contributed by atoms with Crippen LogP contribution in [0.3, 0.4) is 0 Å². The molecule has 0 aromatic heterocycles. The summed E-state index contributed by atoms with van der Waals surface area (Å²) in [6.45, 7) is 2.14. The lowest BCUT2D eigenvalue weighted by Gasteiger charge is -2.11. The molecule has 0 unspecified atom stereocenters. The van der Waals surface area contributed by atoms with Gasteiger partial charge in [0.2, 0.25) is 0 Å². The molecule has 0 saturated carbocycles. The van der Waals surface area contributed by atoms with Crippen molar-refractivity contribution < 1.29 is 22.7 Å². The fourth-order valence-corrected chi connectivity index (χ4v) is 2.30. The summed E-state index contributed by atoms with van der Waals surface area (Å²) in [4.78, 5) is 11.7. The van der Waals surface area contributed by atoms with Gasteiger partial charge in [-0.05, 0) is 43.9 Å². The number of carbonyl (C=O) groups is 1. The highest BCUT2D eigenvalue weighted by Gasteiger charge is 2.22. The molecule has 0 heterocycles. The SMILES string of the molecule is CCOC(=O)C1=C(NCc2cc(F)c(F)c(F)c2)CCC1. The van der Waals surface area contributed by atoms with Crippen LogP contribution >= 0.6 is 0 Å². The topological polar surface area (TPSA) is 38.3 Å². The molecule has 0 spiro atoms. The van der Waals surface area contributed by atoms with Gasteiger partial charge in [0.25, 0.3) is 0 Å². The van der Waals surface area contributed by atoms with Gasteiger partial charge in [-0.25, -0.2) is 18.0 Å². The lowest BCUT2D eigenvalue weighted by atomic mass is 10.2. The van der Waals surface area contributed by atoms with Crippen molar-refractivity contribution in [1.82, 2.24) is 5.32 Å². The minimum absolute atomic E-state index is 0.117. The Morgan fingerprint density at radius 1 is 1.24 bits per heavy atom. The van der Waals surface area contributed by atoms with E-state index in [4.69, 9.17) is 4.74 Å². The fourth-order valence-electron chi connectivity index (χ4n) is 2.30. The summed E-state index contributed by atoms with van der Waals surface area (Å²) in [5.74, 6) is -4.30. The Morgan fingerprint density at radius 2 is 1.90 bits per heavy atom. The van der Waals surface area contributed by atoms with E-state index < -0.39 is 17.5 Å². The lowest BCUT2D eigenvalue weighted by Crippen LogP contribution is -2.17. The molecule has 21 heavy (non-hydrogen) atoms. The zero-order chi connectivity index (χ0) is 15.4. The molecule has 0 saturated heterocycles. The van der Waals surface area contributed by atoms with Gasteiger partial charge in [-0.1, -0.05) is 0 Å². The van der Waals surface area contributed by atoms with Crippen molar-refractivity contribution >= 4 is 5.97 Å². The van der Waals surface area contributed by atoms with Crippen molar-refractivity contribution in [1.29, 1.82) is 0 Å². The number of nitrogens with one attached hydrogen (secondary N) is 1. The Morgan fingerprint density at radius 3 is 2.52 bits per heavy atom. The molecule has 1 aromatic rings. The van der Waals surface area contributed by atoms with Crippen LogP contribution in [-0.4, -0.2) is 12.6 Å². The number of hydrogen-bond acceptors (Lipinski definition) is 3. The van der Waals surface area contributed by atoms with E-state index in [2.05, 4.69) is 5.32 Å². The standard InChI is InChI=1S/C15H16F3NO2/c1-2-21-15(20)10-4-3-5-13(10)19-8-9-6-11(16)14(18)12(17)7-9/h6-7,19H,2-5,8H2,1H3. The Labute approximate surface area is 120 Å². The minimum atomic E-state index is -1.48. The van der Waals surface area contributed by atoms with E-state index in [9.17, 15) is 18.0 Å². The van der Waals surface area contributed by atoms with Gasteiger partial charge in [0.1, 0.15) is 0 Å². The van der Waals surface area contributed by atoms with Gasteiger partial charge in [0.15, 0.2) is 17.5 Å². The van der Waals surface area contributed by atoms with Gasteiger partial charge in [-0.2, -0.15) is 0 Å². The normalized spacial score (nSPS) is 14.5. The van der Waals surface area contributed by atoms with E-state index in [-0.39, 0.29) is 18.1 Å². The van der Waals surface area contributed by atoms with Gasteiger partial charge >= 0.3 is 5.97 Å². The minimum Gasteiger partial charge on any atom is -0.463 e. The molecule has 0 fully saturated rings. The van der Waals surface area contributed by atoms with Crippen molar-refractivity contribution in [3.8, 4) is 0 Å². The van der Waals surface area contributed by atoms with Crippen LogP contribution in [0.1, 0.15) is 31.7 Å². The summed E-state index contributed by atoms with van der Waals surface area (Å²) in [7, 11) is 0. The number of hydrogen-bond donors (Lipinski definition) is 1. The van der Waals surface area contributed by atoms with Gasteiger partial charge in [0, 0.05) is 12.2 Å². The number of benzene rings is 1. The van der Waals surface area contributed by atoms with Crippen LogP contribution in [0.5, 0.6) is 0 Å². The number of esters is 1. The molecule has 0 atom stereocenters. The van der Waals surface area contributed by atoms with Crippen LogP contribution in [0.15, 0.2) is 23.4 Å². The van der Waals surface area contributed by atoms with Crippen LogP contribution in [0.2, 0.25) is 0 Å². The molecule has 0 bridgehead atoms. The first-order valence-corrected chi connectivity index (χ1v) is 6.79. The average molecular weight is 299 g/mol. The molecule has 0 amide bonds. The number of carbonyl (C=O) groups excluding carboxylic acids is 1. The first kappa shape index (κ1) is 15.4. The third kappa shape index (κ3) is 3.56. The monoisotopic (exact) mass is 299 g/mol. The van der Waals surface area contributed by atoms with Crippen LogP contribution < -0.4 is 5.32 Å². The number of ether oxygens (including phenoxy) is 1. The predicted molar refractivity (Wildman–Crippen MR) is 70.7 cm³/mol. The number of halogens is 3. The highest BCUT2D eigenvalue weighted by Crippen LogP contribution is 2.25. The maximum absolute atomic E-state index is 13.1. The van der Waals surface area contributed by atoms with Crippen molar-refractivity contribution in [2.75, 3.05) is 6.61 Å². The highest BCUT2D eigenvalue weighted by molar-refractivity contribution is 5.89. The van der Waals surface area contributed by atoms with Crippen molar-refractivity contribution in [3.05, 3.63) is 46.4 Å². The van der Waals surface area contributed by atoms with E-state index in [1.54, 1.807) is 6.92 Å². The first-order valence-electron chi connectivity index (χ1n) is 6.79. The fraction of sp³-hybridized carbons (Fsp3) is 0.400. The van der Waals surface area contributed by atoms with Crippen molar-refractivity contribution in [2.45, 2.75) is 32.7 Å². The summed E-state index contributed by atoms with van der Waals surface area (Å²) < 4.78 is 44.1. The Hall–Kier alpha value is -1.98. The second-order valence-electron chi connectivity index (χ2n) is 4.76. The molecule has 2 rings (SSSR count). The van der Waals surface area contributed by atoms with Crippen LogP contribution in [0.25, 0.3) is 0 Å². The quantitative estimate of drug-likeness (QED) is 0.670. The summed E-state index contributed by atoms with van der Waals surface area (Å²) in [5, 5.41) is 2.98. The third-order valence-corrected chi connectivity index (χ3v) is 3.29. The zero-order valence-corrected chi connectivity index (χ0v) is 11.6. The zero-order valence-electron chi connectivity index (χ0n) is 11.6. The van der Waals surface area contributed by atoms with Crippen molar-refractivity contribution in [2.24, 2.45) is 0 Å². The van der Waals surface area contributed by atoms with E-state index in [0.717, 1.165) is 24.3 Å². The maximum Gasteiger partial charge on any atom is 0.335 e. The Bertz CT molecular complexity index is 561. The summed E-state index contributed by atoms with van der Waals surface area (Å²) in [6.07, 6.45) is 2.12. The summed E-state index contributed by atoms with van der Waals surface area (Å²) in [5.41, 5.74) is 1.56. The maximum atomic E-state index is 13.1. The van der Waals surface area contributed by atoms with E-state index >= 15 is 0 Å². The van der Waals surface area contributed by atoms with E-state index in [0.29, 0.717) is 25.0 Å². The predicted octanol–water partition coefficient (Wildman–Crippen LogP) is 3.19. The molecule has 3 nitrogen and oxygen atoms in total. The Kier molecular flexibility index (Phi) is 4.88. The molecule has 1 aromatic carbocycles. The van der Waals surface area contributed by atoms with Crippen LogP contribution in [-0.2, 0) is 16.1 Å². The smallest absolute Gasteiger partial charge is 0.335 e. The largest absolute Gasteiger partial charge is 0.463 e. The molecule has 6 heteroatoms. The van der Waals surface area contributed by atoms with Gasteiger partial charge in [-0.15, -0.1) is 0 Å². The number of rotatable bonds is 5. The molecule has 114 valence electrons. The van der Waals surface area contributed by atoms with Gasteiger partial charge in [0.05, 0.1) is 12.2 Å². The van der Waals surface area contributed by atoms with Crippen LogP contribution in [0.4, 0.5) is 13.2 Å². The highest BCUT2D eigenvalue weighted by atomic mass is 19.2. The second kappa shape index (κ2) is 6.65. The summed E-state index contributed by atoms with van der Waals surface area (Å²) in [6, 6.07) is 1.87. The molecular formula is C15H16F3NO2. The molecule has 0 radical (unpaired) electrons. The summed E-state index contributed by atoms with van der Waals surface area (Å²) >= 11 is 0. The molecule has 1 aliphatic rings. The molecule has 1 N–H and O–H groups in total. The van der Waals surface area contributed by atoms with Crippen molar-refractivity contribution in [3.63, 3.8) is 0 Å². The van der Waals surface area contributed by atoms with Crippen LogP contribution in [0, 0.1) is 17.5 Å².